The molecule has 8 nitrogen and oxygen atoms in total. The Labute approximate surface area is 315 Å². The van der Waals surface area contributed by atoms with Gasteiger partial charge in [-0.1, -0.05) is 88.8 Å². The highest BCUT2D eigenvalue weighted by Crippen LogP contribution is 2.52. The Balaban J connectivity index is 1.59. The monoisotopic (exact) mass is 755 g/mol. The van der Waals surface area contributed by atoms with Crippen LogP contribution in [-0.2, 0) is 29.9 Å². The summed E-state index contributed by atoms with van der Waals surface area (Å²) in [6.45, 7) is 26.9. The van der Waals surface area contributed by atoms with Crippen molar-refractivity contribution in [3.05, 3.63) is 70.3 Å². The van der Waals surface area contributed by atoms with E-state index in [1.54, 1.807) is 0 Å². The maximum atomic E-state index is 13.6. The molecule has 3 aliphatic rings. The molecule has 1 unspecified atom stereocenters. The second kappa shape index (κ2) is 16.9. The smallest absolute Gasteiger partial charge is 0.358 e. The number of thiocarbonyl (C=S) groups is 1. The predicted octanol–water partition coefficient (Wildman–Crippen LogP) is 9.70. The fourth-order valence-corrected chi connectivity index (χ4v) is 9.90. The molecule has 1 N–H and O–H groups in total. The summed E-state index contributed by atoms with van der Waals surface area (Å²) in [7, 11) is -2.16. The van der Waals surface area contributed by atoms with Crippen molar-refractivity contribution in [1.29, 1.82) is 0 Å². The number of nitrogens with zero attached hydrogens (tertiary/aromatic N) is 1. The van der Waals surface area contributed by atoms with Crippen LogP contribution in [0, 0.1) is 11.8 Å². The Morgan fingerprint density at radius 2 is 1.94 bits per heavy atom. The van der Waals surface area contributed by atoms with Crippen molar-refractivity contribution in [3.63, 3.8) is 0 Å². The summed E-state index contributed by atoms with van der Waals surface area (Å²) in [5.41, 5.74) is 4.05. The van der Waals surface area contributed by atoms with E-state index in [1.165, 1.54) is 28.3 Å². The van der Waals surface area contributed by atoms with E-state index in [0.29, 0.717) is 16.2 Å². The van der Waals surface area contributed by atoms with Gasteiger partial charge < -0.3 is 23.7 Å². The summed E-state index contributed by atoms with van der Waals surface area (Å²) in [6, 6.07) is 3.79. The molecule has 1 aliphatic carbocycles. The predicted molar refractivity (Wildman–Crippen MR) is 212 cm³/mol. The molecule has 1 saturated heterocycles. The Morgan fingerprint density at radius 3 is 2.57 bits per heavy atom. The number of esters is 1. The fourth-order valence-electron chi connectivity index (χ4n) is 6.81. The van der Waals surface area contributed by atoms with Crippen LogP contribution in [0.1, 0.15) is 97.6 Å². The first-order chi connectivity index (χ1) is 23.9. The number of hydrogen-bond donors (Lipinski definition) is 1. The van der Waals surface area contributed by atoms with Gasteiger partial charge in [-0.3, -0.25) is 9.69 Å². The summed E-state index contributed by atoms with van der Waals surface area (Å²) >= 11 is 7.04. The lowest BCUT2D eigenvalue weighted by atomic mass is 9.73. The van der Waals surface area contributed by atoms with E-state index in [1.807, 2.05) is 26.0 Å². The fraction of sp³-hybridized carbons (Fsp3) is 0.575. The molecule has 0 bridgehead atoms. The number of unbranched alkanes of at least 4 members (excludes halogenated alkanes) is 2. The number of aromatic hydroxyl groups is 1. The second-order valence-electron chi connectivity index (χ2n) is 15.6. The van der Waals surface area contributed by atoms with Gasteiger partial charge in [0.1, 0.15) is 35.8 Å². The highest BCUT2D eigenvalue weighted by molar-refractivity contribution is 8.04. The SMILES string of the molecule is C=CCOC(=O)C1=C(COC(=S)Oc2cc(CCCCC)cc(O)c2[C@@H]2C=C(C)CC[C@H]2C(=C)C)SC2[C@@H]([C@@H](C)O[Si](C)(C)C(C)(C)C)C(=O)N12. The largest absolute Gasteiger partial charge is 0.507 e. The normalized spacial score (nSPS) is 22.5. The molecule has 1 amide bonds. The number of benzene rings is 1. The number of amides is 1. The van der Waals surface area contributed by atoms with E-state index in [-0.39, 0.29) is 64.2 Å². The van der Waals surface area contributed by atoms with E-state index in [4.69, 9.17) is 30.9 Å². The van der Waals surface area contributed by atoms with Crippen LogP contribution < -0.4 is 4.74 Å². The van der Waals surface area contributed by atoms with Crippen LogP contribution in [0.4, 0.5) is 0 Å². The maximum Gasteiger partial charge on any atom is 0.358 e. The summed E-state index contributed by atoms with van der Waals surface area (Å²) in [6.07, 6.45) is 9.17. The Kier molecular flexibility index (Phi) is 13.5. The number of rotatable bonds is 15. The lowest BCUT2D eigenvalue weighted by Crippen LogP contribution is -2.62. The van der Waals surface area contributed by atoms with Gasteiger partial charge >= 0.3 is 11.2 Å². The van der Waals surface area contributed by atoms with Crippen LogP contribution in [0.5, 0.6) is 11.5 Å². The van der Waals surface area contributed by atoms with Crippen LogP contribution >= 0.6 is 24.0 Å². The minimum absolute atomic E-state index is 0.00476. The molecule has 1 aromatic rings. The Morgan fingerprint density at radius 1 is 1.24 bits per heavy atom. The molecule has 0 radical (unpaired) electrons. The average Bonchev–Trinajstić information content (AvgIpc) is 3.35. The third-order valence-electron chi connectivity index (χ3n) is 10.6. The molecule has 4 rings (SSSR count). The van der Waals surface area contributed by atoms with Crippen molar-refractivity contribution in [2.75, 3.05) is 13.2 Å². The minimum Gasteiger partial charge on any atom is -0.507 e. The number of phenols is 1. The van der Waals surface area contributed by atoms with Gasteiger partial charge in [-0.05, 0) is 88.2 Å². The van der Waals surface area contributed by atoms with Gasteiger partial charge in [0.15, 0.2) is 8.32 Å². The summed E-state index contributed by atoms with van der Waals surface area (Å²) in [4.78, 5) is 29.0. The molecule has 51 heavy (non-hydrogen) atoms. The molecule has 0 aromatic heterocycles. The highest BCUT2D eigenvalue weighted by Gasteiger charge is 2.59. The molecule has 11 heteroatoms. The standard InChI is InChI=1S/C40H57NO7S2Si/c1-12-14-15-16-27-21-30(42)34(29-20-25(5)17-18-28(29)24(3)4)31(22-27)47-39(49)46-23-32-35(38(44)45-19-13-2)41-36(43)33(37(41)50-32)26(6)48-51(10,11)40(7,8)9/h13,20-22,26,28-29,33,37,42H,2-3,12,14-19,23H2,1,4-11H3/t26-,28+,29-,33+,37?/m1/s1. The number of aryl methyl sites for hydroxylation is 1. The quantitative estimate of drug-likeness (QED) is 0.0469. The van der Waals surface area contributed by atoms with Gasteiger partial charge in [0, 0.05) is 23.7 Å². The lowest BCUT2D eigenvalue weighted by Gasteiger charge is -2.48. The first kappa shape index (κ1) is 40.9. The first-order valence-corrected chi connectivity index (χ1v) is 22.3. The third-order valence-corrected chi connectivity index (χ3v) is 16.8. The van der Waals surface area contributed by atoms with E-state index in [9.17, 15) is 14.7 Å². The van der Waals surface area contributed by atoms with Crippen molar-refractivity contribution in [1.82, 2.24) is 4.90 Å². The van der Waals surface area contributed by atoms with E-state index >= 15 is 0 Å². The van der Waals surface area contributed by atoms with Gasteiger partial charge in [0.25, 0.3) is 0 Å². The zero-order chi connectivity index (χ0) is 37.8. The van der Waals surface area contributed by atoms with Crippen molar-refractivity contribution in [2.24, 2.45) is 11.8 Å². The number of ether oxygens (including phenoxy) is 3. The number of allylic oxidation sites excluding steroid dienone is 3. The number of carbonyl (C=O) groups is 2. The van der Waals surface area contributed by atoms with Gasteiger partial charge in [-0.15, -0.1) is 0 Å². The number of fused-ring (bicyclic) bond motifs is 1. The van der Waals surface area contributed by atoms with Crippen molar-refractivity contribution < 1.29 is 33.3 Å². The van der Waals surface area contributed by atoms with Gasteiger partial charge in [-0.25, -0.2) is 4.79 Å². The molecular weight excluding hydrogens is 699 g/mol. The third kappa shape index (κ3) is 9.21. The Bertz CT molecular complexity index is 1590. The maximum absolute atomic E-state index is 13.6. The zero-order valence-corrected chi connectivity index (χ0v) is 34.6. The molecule has 0 saturated carbocycles. The molecule has 5 atom stereocenters. The molecule has 2 aliphatic heterocycles. The number of hydrogen-bond acceptors (Lipinski definition) is 9. The van der Waals surface area contributed by atoms with Crippen LogP contribution in [0.15, 0.2) is 59.2 Å². The zero-order valence-electron chi connectivity index (χ0n) is 31.9. The molecule has 1 aromatic carbocycles. The van der Waals surface area contributed by atoms with E-state index in [0.717, 1.165) is 49.7 Å². The van der Waals surface area contributed by atoms with Gasteiger partial charge in [0.05, 0.1) is 16.9 Å². The number of thioether (sulfide) groups is 1. The molecule has 2 heterocycles. The van der Waals surface area contributed by atoms with Gasteiger partial charge in [0.2, 0.25) is 5.91 Å². The van der Waals surface area contributed by atoms with E-state index in [2.05, 4.69) is 66.9 Å². The van der Waals surface area contributed by atoms with Gasteiger partial charge in [-0.2, -0.15) is 0 Å². The van der Waals surface area contributed by atoms with E-state index < -0.39 is 20.2 Å². The first-order valence-electron chi connectivity index (χ1n) is 18.1. The minimum atomic E-state index is -2.16. The highest BCUT2D eigenvalue weighted by atomic mass is 32.2. The topological polar surface area (TPSA) is 94.5 Å². The van der Waals surface area contributed by atoms with Crippen LogP contribution in [-0.4, -0.2) is 60.1 Å². The lowest BCUT2D eigenvalue weighted by molar-refractivity contribution is -0.157. The van der Waals surface area contributed by atoms with Crippen molar-refractivity contribution in [2.45, 2.75) is 123 Å². The molecule has 1 fully saturated rings. The van der Waals surface area contributed by atoms with Crippen LogP contribution in [0.25, 0.3) is 0 Å². The second-order valence-corrected chi connectivity index (χ2v) is 21.9. The summed E-state index contributed by atoms with van der Waals surface area (Å²) < 4.78 is 24.3. The van der Waals surface area contributed by atoms with Crippen LogP contribution in [0.2, 0.25) is 18.1 Å². The Hall–Kier alpha value is -2.86. The number of carbonyl (C=O) groups excluding carboxylic acids is 2. The molecular formula is C40H57NO7S2Si. The summed E-state index contributed by atoms with van der Waals surface area (Å²) in [5.74, 6) is -0.638. The average molecular weight is 756 g/mol. The summed E-state index contributed by atoms with van der Waals surface area (Å²) in [5, 5.41) is 11.0. The van der Waals surface area contributed by atoms with Crippen LogP contribution in [0.3, 0.4) is 0 Å². The van der Waals surface area contributed by atoms with Crippen molar-refractivity contribution >= 4 is 49.4 Å². The number of β-lactam (4-membered cyclic amide) rings is 1. The molecule has 0 spiro atoms. The number of phenolic OH excluding ortho intramolecular Hbond substituents is 1. The molecule has 280 valence electrons. The van der Waals surface area contributed by atoms with Crippen molar-refractivity contribution in [3.8, 4) is 11.5 Å².